The van der Waals surface area contributed by atoms with Crippen molar-refractivity contribution in [3.63, 3.8) is 0 Å². The van der Waals surface area contributed by atoms with E-state index in [0.717, 1.165) is 17.9 Å². The van der Waals surface area contributed by atoms with Crippen LogP contribution < -0.4 is 5.32 Å². The first kappa shape index (κ1) is 20.7. The summed E-state index contributed by atoms with van der Waals surface area (Å²) in [6, 6.07) is 13.6. The lowest BCUT2D eigenvalue weighted by Crippen LogP contribution is -2.15. The molecule has 0 aliphatic heterocycles. The van der Waals surface area contributed by atoms with E-state index in [1.54, 1.807) is 6.07 Å². The SMILES string of the molecule is CCn1c(Cc2ccccc2)nnc1SCC(=O)Nc1c(Cl)ccc(C)c1Cl. The highest BCUT2D eigenvalue weighted by Crippen LogP contribution is 2.33. The number of hydrogen-bond donors (Lipinski definition) is 1. The lowest BCUT2D eigenvalue weighted by Gasteiger charge is -2.11. The van der Waals surface area contributed by atoms with Crippen LogP contribution in [0.25, 0.3) is 0 Å². The first-order valence-electron chi connectivity index (χ1n) is 8.82. The van der Waals surface area contributed by atoms with Gasteiger partial charge in [-0.15, -0.1) is 10.2 Å². The number of benzene rings is 2. The molecule has 0 aliphatic rings. The summed E-state index contributed by atoms with van der Waals surface area (Å²) in [6.45, 7) is 4.63. The van der Waals surface area contributed by atoms with Crippen LogP contribution in [0.15, 0.2) is 47.6 Å². The Hall–Kier alpha value is -2.02. The van der Waals surface area contributed by atoms with Crippen molar-refractivity contribution < 1.29 is 4.79 Å². The summed E-state index contributed by atoms with van der Waals surface area (Å²) in [5.74, 6) is 0.861. The molecule has 3 rings (SSSR count). The number of hydrogen-bond acceptors (Lipinski definition) is 4. The van der Waals surface area contributed by atoms with Gasteiger partial charge in [0.15, 0.2) is 5.16 Å². The second-order valence-electron chi connectivity index (χ2n) is 6.20. The molecule has 5 nitrogen and oxygen atoms in total. The van der Waals surface area contributed by atoms with E-state index < -0.39 is 0 Å². The molecule has 0 aliphatic carbocycles. The van der Waals surface area contributed by atoms with E-state index in [0.29, 0.717) is 27.3 Å². The molecule has 0 saturated heterocycles. The Labute approximate surface area is 178 Å². The highest BCUT2D eigenvalue weighted by Gasteiger charge is 2.16. The molecule has 0 radical (unpaired) electrons. The molecular formula is C20H20Cl2N4OS. The maximum absolute atomic E-state index is 12.4. The zero-order chi connectivity index (χ0) is 20.1. The minimum absolute atomic E-state index is 0.185. The molecule has 2 aromatic carbocycles. The molecule has 0 saturated carbocycles. The first-order valence-corrected chi connectivity index (χ1v) is 10.6. The fourth-order valence-electron chi connectivity index (χ4n) is 2.73. The zero-order valence-electron chi connectivity index (χ0n) is 15.6. The number of nitrogens with zero attached hydrogens (tertiary/aromatic N) is 3. The Balaban J connectivity index is 1.66. The smallest absolute Gasteiger partial charge is 0.234 e. The predicted octanol–water partition coefficient (Wildman–Crippen LogP) is 5.23. The first-order chi connectivity index (χ1) is 13.5. The van der Waals surface area contributed by atoms with Gasteiger partial charge in [-0.1, -0.05) is 71.4 Å². The van der Waals surface area contributed by atoms with Crippen molar-refractivity contribution in [2.75, 3.05) is 11.1 Å². The Kier molecular flexibility index (Phi) is 6.99. The number of halogens is 2. The molecule has 0 bridgehead atoms. The van der Waals surface area contributed by atoms with Crippen LogP contribution in [0.1, 0.15) is 23.9 Å². The number of amides is 1. The van der Waals surface area contributed by atoms with Crippen molar-refractivity contribution >= 4 is 46.6 Å². The number of nitrogens with one attached hydrogen (secondary N) is 1. The summed E-state index contributed by atoms with van der Waals surface area (Å²) in [4.78, 5) is 12.4. The maximum atomic E-state index is 12.4. The molecule has 1 aromatic heterocycles. The van der Waals surface area contributed by atoms with Gasteiger partial charge < -0.3 is 9.88 Å². The third-order valence-electron chi connectivity index (χ3n) is 4.20. The van der Waals surface area contributed by atoms with Gasteiger partial charge in [0.25, 0.3) is 0 Å². The van der Waals surface area contributed by atoms with Crippen LogP contribution in [0.5, 0.6) is 0 Å². The average Bonchev–Trinajstić information content (AvgIpc) is 3.09. The maximum Gasteiger partial charge on any atom is 0.234 e. The lowest BCUT2D eigenvalue weighted by molar-refractivity contribution is -0.113. The van der Waals surface area contributed by atoms with Crippen LogP contribution in [0.4, 0.5) is 5.69 Å². The van der Waals surface area contributed by atoms with Crippen molar-refractivity contribution in [2.24, 2.45) is 0 Å². The van der Waals surface area contributed by atoms with Gasteiger partial charge >= 0.3 is 0 Å². The average molecular weight is 435 g/mol. The van der Waals surface area contributed by atoms with Gasteiger partial charge in [0, 0.05) is 13.0 Å². The Morgan fingerprint density at radius 2 is 1.89 bits per heavy atom. The van der Waals surface area contributed by atoms with Gasteiger partial charge in [-0.05, 0) is 31.0 Å². The highest BCUT2D eigenvalue weighted by atomic mass is 35.5. The third-order valence-corrected chi connectivity index (χ3v) is 5.96. The second-order valence-corrected chi connectivity index (χ2v) is 7.92. The lowest BCUT2D eigenvalue weighted by atomic mass is 10.1. The normalized spacial score (nSPS) is 10.9. The molecule has 0 atom stereocenters. The molecule has 0 fully saturated rings. The number of aryl methyl sites for hydroxylation is 1. The van der Waals surface area contributed by atoms with Crippen LogP contribution in [0.2, 0.25) is 10.0 Å². The fraction of sp³-hybridized carbons (Fsp3) is 0.250. The molecule has 0 spiro atoms. The van der Waals surface area contributed by atoms with E-state index in [1.165, 1.54) is 17.3 Å². The number of rotatable bonds is 7. The van der Waals surface area contributed by atoms with Crippen LogP contribution in [0.3, 0.4) is 0 Å². The Bertz CT molecular complexity index is 976. The monoisotopic (exact) mass is 434 g/mol. The molecule has 146 valence electrons. The van der Waals surface area contributed by atoms with E-state index in [1.807, 2.05) is 42.7 Å². The van der Waals surface area contributed by atoms with Crippen LogP contribution in [-0.4, -0.2) is 26.4 Å². The predicted molar refractivity (Wildman–Crippen MR) is 115 cm³/mol. The molecule has 28 heavy (non-hydrogen) atoms. The van der Waals surface area contributed by atoms with Crippen molar-refractivity contribution in [3.8, 4) is 0 Å². The van der Waals surface area contributed by atoms with Gasteiger partial charge in [-0.3, -0.25) is 4.79 Å². The molecule has 1 N–H and O–H groups in total. The standard InChI is InChI=1S/C20H20Cl2N4OS/c1-3-26-16(11-14-7-5-4-6-8-14)24-25-20(26)28-12-17(27)23-19-15(21)10-9-13(2)18(19)22/h4-10H,3,11-12H2,1-2H3,(H,23,27). The molecule has 0 unspecified atom stereocenters. The summed E-state index contributed by atoms with van der Waals surface area (Å²) < 4.78 is 2.03. The van der Waals surface area contributed by atoms with E-state index in [4.69, 9.17) is 23.2 Å². The Morgan fingerprint density at radius 3 is 2.61 bits per heavy atom. The van der Waals surface area contributed by atoms with Crippen LogP contribution >= 0.6 is 35.0 Å². The van der Waals surface area contributed by atoms with Crippen LogP contribution in [0, 0.1) is 6.92 Å². The quantitative estimate of drug-likeness (QED) is 0.516. The van der Waals surface area contributed by atoms with Gasteiger partial charge in [0.05, 0.1) is 21.5 Å². The molecule has 1 heterocycles. The number of aromatic nitrogens is 3. The second kappa shape index (κ2) is 9.45. The summed E-state index contributed by atoms with van der Waals surface area (Å²) >= 11 is 13.8. The van der Waals surface area contributed by atoms with Crippen molar-refractivity contribution in [3.05, 3.63) is 69.5 Å². The zero-order valence-corrected chi connectivity index (χ0v) is 17.9. The molecule has 3 aromatic rings. The summed E-state index contributed by atoms with van der Waals surface area (Å²) in [5.41, 5.74) is 2.46. The van der Waals surface area contributed by atoms with Gasteiger partial charge in [-0.25, -0.2) is 0 Å². The minimum atomic E-state index is -0.199. The molecular weight excluding hydrogens is 415 g/mol. The fourth-order valence-corrected chi connectivity index (χ4v) is 4.02. The number of anilines is 1. The number of carbonyl (C=O) groups is 1. The largest absolute Gasteiger partial charge is 0.323 e. The van der Waals surface area contributed by atoms with E-state index in [2.05, 4.69) is 27.6 Å². The molecule has 8 heteroatoms. The highest BCUT2D eigenvalue weighted by molar-refractivity contribution is 7.99. The van der Waals surface area contributed by atoms with E-state index >= 15 is 0 Å². The van der Waals surface area contributed by atoms with Crippen molar-refractivity contribution in [1.82, 2.24) is 14.8 Å². The Morgan fingerprint density at radius 1 is 1.14 bits per heavy atom. The minimum Gasteiger partial charge on any atom is -0.323 e. The van der Waals surface area contributed by atoms with E-state index in [-0.39, 0.29) is 11.7 Å². The topological polar surface area (TPSA) is 59.8 Å². The van der Waals surface area contributed by atoms with E-state index in [9.17, 15) is 4.79 Å². The number of thioether (sulfide) groups is 1. The van der Waals surface area contributed by atoms with Gasteiger partial charge in [0.2, 0.25) is 5.91 Å². The van der Waals surface area contributed by atoms with Crippen LogP contribution in [-0.2, 0) is 17.8 Å². The van der Waals surface area contributed by atoms with Crippen molar-refractivity contribution in [2.45, 2.75) is 32.0 Å². The van der Waals surface area contributed by atoms with Gasteiger partial charge in [0.1, 0.15) is 5.82 Å². The molecule has 1 amide bonds. The van der Waals surface area contributed by atoms with Crippen molar-refractivity contribution in [1.29, 1.82) is 0 Å². The third kappa shape index (κ3) is 4.87. The summed E-state index contributed by atoms with van der Waals surface area (Å²) in [7, 11) is 0. The summed E-state index contributed by atoms with van der Waals surface area (Å²) in [5, 5.41) is 12.9. The summed E-state index contributed by atoms with van der Waals surface area (Å²) in [6.07, 6.45) is 0.697. The van der Waals surface area contributed by atoms with Gasteiger partial charge in [-0.2, -0.15) is 0 Å². The number of carbonyl (C=O) groups excluding carboxylic acids is 1.